The molecule has 0 saturated carbocycles. The van der Waals surface area contributed by atoms with Crippen molar-refractivity contribution in [1.82, 2.24) is 18.9 Å². The summed E-state index contributed by atoms with van der Waals surface area (Å²) in [5.41, 5.74) is 6.63. The summed E-state index contributed by atoms with van der Waals surface area (Å²) in [4.78, 5) is 4.25. The van der Waals surface area contributed by atoms with Gasteiger partial charge in [-0.3, -0.25) is 0 Å². The summed E-state index contributed by atoms with van der Waals surface area (Å²) in [6, 6.07) is 0. The molecule has 0 bridgehead atoms. The molecule has 0 radical (unpaired) electrons. The smallest absolute Gasteiger partial charge is 0.246 e. The van der Waals surface area contributed by atoms with Gasteiger partial charge in [0.15, 0.2) is 5.65 Å². The minimum absolute atomic E-state index is 0. The quantitative estimate of drug-likeness (QED) is 0.871. The Morgan fingerprint density at radius 2 is 2.17 bits per heavy atom. The second-order valence-electron chi connectivity index (χ2n) is 6.06. The first-order valence-electron chi connectivity index (χ1n) is 6.97. The molecule has 0 spiro atoms. The highest BCUT2D eigenvalue weighted by Gasteiger charge is 2.39. The minimum atomic E-state index is -3.60. The van der Waals surface area contributed by atoms with E-state index < -0.39 is 10.0 Å². The molecule has 0 amide bonds. The van der Waals surface area contributed by atoms with Crippen molar-refractivity contribution in [2.24, 2.45) is 11.1 Å². The molecule has 2 aromatic rings. The van der Waals surface area contributed by atoms with Crippen LogP contribution in [0.5, 0.6) is 0 Å². The van der Waals surface area contributed by atoms with Crippen LogP contribution >= 0.6 is 24.0 Å². The molecule has 3 heterocycles. The van der Waals surface area contributed by atoms with E-state index in [1.165, 1.54) is 21.2 Å². The van der Waals surface area contributed by atoms with Crippen molar-refractivity contribution in [2.45, 2.75) is 25.2 Å². The van der Waals surface area contributed by atoms with Crippen LogP contribution in [0.25, 0.3) is 5.65 Å². The van der Waals surface area contributed by atoms with E-state index >= 15 is 0 Å². The zero-order chi connectivity index (χ0) is 16.1. The van der Waals surface area contributed by atoms with E-state index in [1.807, 2.05) is 6.92 Å². The predicted molar refractivity (Wildman–Crippen MR) is 90.5 cm³/mol. The fourth-order valence-corrected chi connectivity index (χ4v) is 4.34. The van der Waals surface area contributed by atoms with Gasteiger partial charge in [-0.1, -0.05) is 18.5 Å². The average molecular weight is 380 g/mol. The number of hydrogen-bond acceptors (Lipinski definition) is 5. The third-order valence-electron chi connectivity index (χ3n) is 4.21. The Balaban J connectivity index is 0.00000192. The summed E-state index contributed by atoms with van der Waals surface area (Å²) in [7, 11) is -3.60. The lowest BCUT2D eigenvalue weighted by Gasteiger charge is -2.22. The van der Waals surface area contributed by atoms with Crippen LogP contribution in [-0.4, -0.2) is 47.0 Å². The van der Waals surface area contributed by atoms with Gasteiger partial charge < -0.3 is 5.73 Å². The predicted octanol–water partition coefficient (Wildman–Crippen LogP) is 1.47. The summed E-state index contributed by atoms with van der Waals surface area (Å²) in [5.74, 6) is 0. The first kappa shape index (κ1) is 18.4. The highest BCUT2D eigenvalue weighted by atomic mass is 35.5. The highest BCUT2D eigenvalue weighted by Crippen LogP contribution is 2.32. The van der Waals surface area contributed by atoms with Crippen LogP contribution in [-0.2, 0) is 10.0 Å². The van der Waals surface area contributed by atoms with Crippen LogP contribution in [0.3, 0.4) is 0 Å². The Kier molecular flexibility index (Phi) is 4.94. The molecular weight excluding hydrogens is 361 g/mol. The van der Waals surface area contributed by atoms with Gasteiger partial charge in [-0.25, -0.2) is 17.9 Å². The van der Waals surface area contributed by atoms with Crippen molar-refractivity contribution in [3.8, 4) is 0 Å². The molecule has 128 valence electrons. The largest absolute Gasteiger partial charge is 0.330 e. The number of aryl methyl sites for hydroxylation is 1. The van der Waals surface area contributed by atoms with Crippen LogP contribution < -0.4 is 5.73 Å². The lowest BCUT2D eigenvalue weighted by molar-refractivity contribution is 0.349. The van der Waals surface area contributed by atoms with Crippen molar-refractivity contribution in [3.05, 3.63) is 23.1 Å². The molecule has 0 aromatic carbocycles. The standard InChI is InChI=1S/C13H18ClN5O2S.ClH/c1-9-11(14)12-16-5-10(6-19(12)17-9)22(20,21)18-4-3-13(2,7-15)8-18;/h5-6H,3-4,7-8,15H2,1-2H3;1H. The molecule has 1 saturated heterocycles. The van der Waals surface area contributed by atoms with Crippen molar-refractivity contribution < 1.29 is 8.42 Å². The van der Waals surface area contributed by atoms with Gasteiger partial charge in [0.1, 0.15) is 9.92 Å². The molecule has 7 nitrogen and oxygen atoms in total. The van der Waals surface area contributed by atoms with Gasteiger partial charge in [0.05, 0.1) is 18.1 Å². The van der Waals surface area contributed by atoms with Gasteiger partial charge in [0.25, 0.3) is 0 Å². The highest BCUT2D eigenvalue weighted by molar-refractivity contribution is 7.89. The maximum atomic E-state index is 12.7. The Morgan fingerprint density at radius 1 is 1.48 bits per heavy atom. The lowest BCUT2D eigenvalue weighted by atomic mass is 9.90. The number of fused-ring (bicyclic) bond motifs is 1. The third kappa shape index (κ3) is 3.06. The fourth-order valence-electron chi connectivity index (χ4n) is 2.63. The maximum Gasteiger partial charge on any atom is 0.246 e. The van der Waals surface area contributed by atoms with Crippen molar-refractivity contribution >= 4 is 39.7 Å². The van der Waals surface area contributed by atoms with Crippen molar-refractivity contribution in [2.75, 3.05) is 19.6 Å². The molecule has 1 aliphatic heterocycles. The van der Waals surface area contributed by atoms with E-state index in [9.17, 15) is 8.42 Å². The Bertz CT molecular complexity index is 838. The number of halogens is 2. The van der Waals surface area contributed by atoms with Gasteiger partial charge in [-0.2, -0.15) is 9.40 Å². The van der Waals surface area contributed by atoms with Gasteiger partial charge in [-0.15, -0.1) is 12.4 Å². The number of rotatable bonds is 3. The van der Waals surface area contributed by atoms with Gasteiger partial charge in [0, 0.05) is 13.1 Å². The van der Waals surface area contributed by atoms with E-state index in [0.717, 1.165) is 6.42 Å². The summed E-state index contributed by atoms with van der Waals surface area (Å²) in [6.07, 6.45) is 3.54. The number of nitrogens with two attached hydrogens (primary N) is 1. The summed E-state index contributed by atoms with van der Waals surface area (Å²) >= 11 is 6.07. The summed E-state index contributed by atoms with van der Waals surface area (Å²) in [5, 5.41) is 4.61. The molecule has 1 fully saturated rings. The molecule has 1 aliphatic rings. The van der Waals surface area contributed by atoms with Gasteiger partial charge in [0.2, 0.25) is 10.0 Å². The van der Waals surface area contributed by atoms with Gasteiger partial charge >= 0.3 is 0 Å². The average Bonchev–Trinajstić information content (AvgIpc) is 3.02. The van der Waals surface area contributed by atoms with Crippen LogP contribution in [0.1, 0.15) is 19.0 Å². The van der Waals surface area contributed by atoms with E-state index in [-0.39, 0.29) is 22.7 Å². The lowest BCUT2D eigenvalue weighted by Crippen LogP contribution is -2.34. The van der Waals surface area contributed by atoms with Crippen molar-refractivity contribution in [1.29, 1.82) is 0 Å². The van der Waals surface area contributed by atoms with E-state index in [4.69, 9.17) is 17.3 Å². The zero-order valence-electron chi connectivity index (χ0n) is 12.9. The number of sulfonamides is 1. The van der Waals surface area contributed by atoms with Crippen molar-refractivity contribution in [3.63, 3.8) is 0 Å². The zero-order valence-corrected chi connectivity index (χ0v) is 15.2. The summed E-state index contributed by atoms with van der Waals surface area (Å²) < 4.78 is 28.4. The topological polar surface area (TPSA) is 93.6 Å². The van der Waals surface area contributed by atoms with E-state index in [1.54, 1.807) is 6.92 Å². The van der Waals surface area contributed by atoms with E-state index in [2.05, 4.69) is 10.1 Å². The first-order valence-corrected chi connectivity index (χ1v) is 8.79. The molecule has 3 rings (SSSR count). The number of nitrogens with zero attached hydrogens (tertiary/aromatic N) is 4. The monoisotopic (exact) mass is 379 g/mol. The molecule has 2 aromatic heterocycles. The fraction of sp³-hybridized carbons (Fsp3) is 0.538. The van der Waals surface area contributed by atoms with E-state index in [0.29, 0.717) is 36.0 Å². The summed E-state index contributed by atoms with van der Waals surface area (Å²) in [6.45, 7) is 5.10. The molecule has 10 heteroatoms. The SMILES string of the molecule is Cc1nn2cc(S(=O)(=O)N3CCC(C)(CN)C3)cnc2c1Cl.Cl. The third-order valence-corrected chi connectivity index (χ3v) is 6.45. The molecule has 2 N–H and O–H groups in total. The van der Waals surface area contributed by atoms with Crippen LogP contribution in [0, 0.1) is 12.3 Å². The van der Waals surface area contributed by atoms with Gasteiger partial charge in [-0.05, 0) is 25.3 Å². The Labute approximate surface area is 146 Å². The second kappa shape index (κ2) is 6.18. The molecule has 0 aliphatic carbocycles. The Hall–Kier alpha value is -0.930. The van der Waals surface area contributed by atoms with Crippen LogP contribution in [0.2, 0.25) is 5.02 Å². The number of hydrogen-bond donors (Lipinski definition) is 1. The molecule has 1 atom stereocenters. The van der Waals surface area contributed by atoms with Crippen LogP contribution in [0.15, 0.2) is 17.3 Å². The maximum absolute atomic E-state index is 12.7. The molecule has 1 unspecified atom stereocenters. The molecular formula is C13H19Cl2N5O2S. The normalized spacial score (nSPS) is 22.4. The second-order valence-corrected chi connectivity index (χ2v) is 8.38. The number of aromatic nitrogens is 3. The minimum Gasteiger partial charge on any atom is -0.330 e. The Morgan fingerprint density at radius 3 is 2.78 bits per heavy atom. The van der Waals surface area contributed by atoms with Crippen LogP contribution in [0.4, 0.5) is 0 Å². The first-order chi connectivity index (χ1) is 10.3. The molecule has 23 heavy (non-hydrogen) atoms.